The van der Waals surface area contributed by atoms with Crippen molar-refractivity contribution in [1.29, 1.82) is 0 Å². The van der Waals surface area contributed by atoms with Gasteiger partial charge in [0, 0.05) is 48.9 Å². The zero-order valence-corrected chi connectivity index (χ0v) is 17.2. The molecule has 2 saturated carbocycles. The van der Waals surface area contributed by atoms with E-state index in [0.29, 0.717) is 18.6 Å². The van der Waals surface area contributed by atoms with Crippen molar-refractivity contribution in [2.75, 3.05) is 0 Å². The van der Waals surface area contributed by atoms with Crippen molar-refractivity contribution in [2.24, 2.45) is 11.3 Å². The lowest BCUT2D eigenvalue weighted by molar-refractivity contribution is -0.119. The van der Waals surface area contributed by atoms with Crippen molar-refractivity contribution in [3.63, 3.8) is 0 Å². The van der Waals surface area contributed by atoms with Gasteiger partial charge in [-0.1, -0.05) is 25.1 Å². The number of Topliss-reactive ketones (excluding diaryl/α,β-unsaturated/α-hetero) is 2. The Bertz CT molecular complexity index is 1160. The molecule has 4 nitrogen and oxygen atoms in total. The summed E-state index contributed by atoms with van der Waals surface area (Å²) < 4.78 is 6.48. The molecule has 0 unspecified atom stereocenters. The van der Waals surface area contributed by atoms with Gasteiger partial charge in [-0.05, 0) is 53.3 Å². The number of carbonyl (C=O) groups is 2. The first-order valence-corrected chi connectivity index (χ1v) is 11.0. The number of hydrogen-bond donors (Lipinski definition) is 0. The molecule has 0 N–H and O–H groups in total. The highest BCUT2D eigenvalue weighted by atomic mass is 16.5. The van der Waals surface area contributed by atoms with Gasteiger partial charge in [-0.15, -0.1) is 0 Å². The molecule has 152 valence electrons. The summed E-state index contributed by atoms with van der Waals surface area (Å²) in [6, 6.07) is 8.37. The monoisotopic (exact) mass is 399 g/mol. The molecule has 2 heterocycles. The predicted octanol–water partition coefficient (Wildman–Crippen LogP) is 5.04. The molecule has 0 saturated heterocycles. The number of fused-ring (bicyclic) bond motifs is 4. The zero-order valence-electron chi connectivity index (χ0n) is 17.2. The summed E-state index contributed by atoms with van der Waals surface area (Å²) in [5.74, 6) is 1.45. The Hall–Kier alpha value is -2.75. The van der Waals surface area contributed by atoms with Crippen LogP contribution in [-0.4, -0.2) is 22.7 Å². The van der Waals surface area contributed by atoms with Crippen LogP contribution in [0.25, 0.3) is 10.8 Å². The third-order valence-electron chi connectivity index (χ3n) is 7.94. The average molecular weight is 399 g/mol. The molecule has 1 aromatic heterocycles. The van der Waals surface area contributed by atoms with Crippen molar-refractivity contribution in [3.8, 4) is 0 Å². The standard InChI is InChI=1S/C26H25NO3/c1-26-9-7-17-12-19-21(28)3-2-4-23(19)30-25(17)20(26)13-22(29)24(26)16-5-6-18-14-27-10-8-15(18)11-16/h5-6,8,10-12,14,20,24-25H,2-4,7,9,13H2,1H3/t20-,24-,25+,26-/m0/s1. The van der Waals surface area contributed by atoms with Crippen molar-refractivity contribution in [2.45, 2.75) is 57.5 Å². The smallest absolute Gasteiger partial charge is 0.166 e. The van der Waals surface area contributed by atoms with Crippen molar-refractivity contribution < 1.29 is 14.3 Å². The van der Waals surface area contributed by atoms with Gasteiger partial charge < -0.3 is 4.74 Å². The summed E-state index contributed by atoms with van der Waals surface area (Å²) in [6.45, 7) is 2.28. The Morgan fingerprint density at radius 2 is 2.00 bits per heavy atom. The molecule has 0 amide bonds. The molecule has 0 spiro atoms. The fourth-order valence-corrected chi connectivity index (χ4v) is 6.36. The van der Waals surface area contributed by atoms with E-state index in [1.807, 2.05) is 12.3 Å². The predicted molar refractivity (Wildman–Crippen MR) is 114 cm³/mol. The van der Waals surface area contributed by atoms with Gasteiger partial charge in [0.15, 0.2) is 5.78 Å². The molecular formula is C26H25NO3. The minimum Gasteiger partial charge on any atom is -0.489 e. The normalized spacial score (nSPS) is 33.0. The van der Waals surface area contributed by atoms with Gasteiger partial charge >= 0.3 is 0 Å². The third kappa shape index (κ3) is 2.49. The summed E-state index contributed by atoms with van der Waals surface area (Å²) in [6.07, 6.45) is 10.4. The van der Waals surface area contributed by atoms with E-state index in [0.717, 1.165) is 53.4 Å². The summed E-state index contributed by atoms with van der Waals surface area (Å²) >= 11 is 0. The SMILES string of the molecule is C[C@]12CCC3=CC4=C(CCCC4=O)O[C@H]3[C@@H]1CC(=O)[C@@H]2c1ccc2cnccc2c1. The van der Waals surface area contributed by atoms with Crippen molar-refractivity contribution >= 4 is 22.3 Å². The highest BCUT2D eigenvalue weighted by Gasteiger charge is 2.58. The van der Waals surface area contributed by atoms with E-state index in [1.165, 1.54) is 5.57 Å². The van der Waals surface area contributed by atoms with Gasteiger partial charge in [-0.3, -0.25) is 14.6 Å². The third-order valence-corrected chi connectivity index (χ3v) is 7.94. The molecule has 4 aliphatic rings. The highest BCUT2D eigenvalue weighted by Crippen LogP contribution is 2.60. The van der Waals surface area contributed by atoms with E-state index >= 15 is 0 Å². The molecule has 0 radical (unpaired) electrons. The summed E-state index contributed by atoms with van der Waals surface area (Å²) in [7, 11) is 0. The zero-order chi connectivity index (χ0) is 20.5. The maximum Gasteiger partial charge on any atom is 0.166 e. The summed E-state index contributed by atoms with van der Waals surface area (Å²) in [5, 5.41) is 2.22. The van der Waals surface area contributed by atoms with E-state index in [4.69, 9.17) is 4.74 Å². The number of ether oxygens (including phenoxy) is 1. The summed E-state index contributed by atoms with van der Waals surface area (Å²) in [5.41, 5.74) is 2.99. The van der Waals surface area contributed by atoms with Crippen LogP contribution in [0.3, 0.4) is 0 Å². The lowest BCUT2D eigenvalue weighted by Gasteiger charge is -2.47. The second-order valence-electron chi connectivity index (χ2n) is 9.57. The average Bonchev–Trinajstić information content (AvgIpc) is 3.03. The minimum atomic E-state index is -0.128. The molecule has 2 fully saturated rings. The van der Waals surface area contributed by atoms with Crippen LogP contribution in [0.5, 0.6) is 0 Å². The largest absolute Gasteiger partial charge is 0.489 e. The Balaban J connectivity index is 1.38. The van der Waals surface area contributed by atoms with Crippen LogP contribution in [0.2, 0.25) is 0 Å². The van der Waals surface area contributed by atoms with E-state index < -0.39 is 0 Å². The quantitative estimate of drug-likeness (QED) is 0.674. The molecule has 4 heteroatoms. The molecule has 3 aliphatic carbocycles. The van der Waals surface area contributed by atoms with Gasteiger partial charge in [0.2, 0.25) is 0 Å². The Morgan fingerprint density at radius 3 is 2.90 bits per heavy atom. The Kier molecular flexibility index (Phi) is 3.83. The maximum atomic E-state index is 13.3. The molecule has 30 heavy (non-hydrogen) atoms. The number of nitrogens with zero attached hydrogens (tertiary/aromatic N) is 1. The van der Waals surface area contributed by atoms with E-state index in [1.54, 1.807) is 6.20 Å². The first kappa shape index (κ1) is 18.1. The molecule has 4 atom stereocenters. The second-order valence-corrected chi connectivity index (χ2v) is 9.57. The molecule has 1 aromatic carbocycles. The first-order valence-electron chi connectivity index (χ1n) is 11.0. The van der Waals surface area contributed by atoms with Crippen molar-refractivity contribution in [3.05, 3.63) is 65.2 Å². The number of rotatable bonds is 1. The molecule has 0 bridgehead atoms. The van der Waals surface area contributed by atoms with Crippen LogP contribution in [0, 0.1) is 11.3 Å². The fourth-order valence-electron chi connectivity index (χ4n) is 6.36. The van der Waals surface area contributed by atoms with Crippen LogP contribution in [0.15, 0.2) is 59.6 Å². The van der Waals surface area contributed by atoms with Crippen LogP contribution in [-0.2, 0) is 14.3 Å². The summed E-state index contributed by atoms with van der Waals surface area (Å²) in [4.78, 5) is 29.9. The molecular weight excluding hydrogens is 374 g/mol. The second kappa shape index (κ2) is 6.37. The lowest BCUT2D eigenvalue weighted by atomic mass is 9.61. The number of hydrogen-bond acceptors (Lipinski definition) is 4. The van der Waals surface area contributed by atoms with Crippen LogP contribution >= 0.6 is 0 Å². The Labute approximate surface area is 176 Å². The first-order chi connectivity index (χ1) is 14.5. The van der Waals surface area contributed by atoms with Crippen LogP contribution in [0.4, 0.5) is 0 Å². The number of allylic oxidation sites excluding steroid dienone is 3. The molecule has 2 aromatic rings. The van der Waals surface area contributed by atoms with E-state index in [9.17, 15) is 9.59 Å². The topological polar surface area (TPSA) is 56.3 Å². The van der Waals surface area contributed by atoms with E-state index in [-0.39, 0.29) is 29.1 Å². The van der Waals surface area contributed by atoms with Gasteiger partial charge in [0.25, 0.3) is 0 Å². The number of benzene rings is 1. The van der Waals surface area contributed by atoms with Gasteiger partial charge in [0.1, 0.15) is 17.6 Å². The number of ketones is 2. The highest BCUT2D eigenvalue weighted by molar-refractivity contribution is 5.99. The van der Waals surface area contributed by atoms with Crippen LogP contribution in [0.1, 0.15) is 56.9 Å². The van der Waals surface area contributed by atoms with E-state index in [2.05, 4.69) is 36.2 Å². The maximum absolute atomic E-state index is 13.3. The number of pyridine rings is 1. The lowest BCUT2D eigenvalue weighted by Crippen LogP contribution is -2.43. The molecule has 1 aliphatic heterocycles. The fraction of sp³-hybridized carbons (Fsp3) is 0.423. The van der Waals surface area contributed by atoms with Gasteiger partial charge in [-0.2, -0.15) is 0 Å². The van der Waals surface area contributed by atoms with Gasteiger partial charge in [-0.25, -0.2) is 0 Å². The van der Waals surface area contributed by atoms with Crippen LogP contribution < -0.4 is 0 Å². The van der Waals surface area contributed by atoms with Gasteiger partial charge in [0.05, 0.1) is 5.57 Å². The number of aromatic nitrogens is 1. The minimum absolute atomic E-state index is 0.0630. The molecule has 6 rings (SSSR count). The Morgan fingerprint density at radius 1 is 1.10 bits per heavy atom. The van der Waals surface area contributed by atoms with Crippen molar-refractivity contribution in [1.82, 2.24) is 4.98 Å². The number of carbonyl (C=O) groups excluding carboxylic acids is 2.